The summed E-state index contributed by atoms with van der Waals surface area (Å²) >= 11 is 0. The van der Waals surface area contributed by atoms with Gasteiger partial charge in [0, 0.05) is 43.7 Å². The van der Waals surface area contributed by atoms with Gasteiger partial charge >= 0.3 is 0 Å². The molecule has 1 aliphatic heterocycles. The fourth-order valence-corrected chi connectivity index (χ4v) is 3.48. The van der Waals surface area contributed by atoms with E-state index in [1.807, 2.05) is 48.0 Å². The predicted molar refractivity (Wildman–Crippen MR) is 114 cm³/mol. The maximum Gasteiger partial charge on any atom is 0.251 e. The molecule has 3 heterocycles. The van der Waals surface area contributed by atoms with Crippen molar-refractivity contribution < 1.29 is 9.53 Å². The fourth-order valence-electron chi connectivity index (χ4n) is 3.48. The molecule has 2 aromatic heterocycles. The first-order valence-corrected chi connectivity index (χ1v) is 10.2. The van der Waals surface area contributed by atoms with E-state index in [1.165, 1.54) is 12.8 Å². The van der Waals surface area contributed by atoms with Gasteiger partial charge in [-0.3, -0.25) is 4.79 Å². The molecule has 1 amide bonds. The Morgan fingerprint density at radius 2 is 1.97 bits per heavy atom. The summed E-state index contributed by atoms with van der Waals surface area (Å²) in [6.07, 6.45) is 7.81. The molecule has 1 aromatic carbocycles. The second-order valence-corrected chi connectivity index (χ2v) is 7.34. The van der Waals surface area contributed by atoms with Gasteiger partial charge in [-0.05, 0) is 37.5 Å². The molecule has 0 bridgehead atoms. The second kappa shape index (κ2) is 9.39. The molecule has 4 rings (SSSR count). The molecule has 8 nitrogen and oxygen atoms in total. The number of nitrogens with zero attached hydrogens (tertiary/aromatic N) is 5. The van der Waals surface area contributed by atoms with Crippen LogP contribution in [-0.4, -0.2) is 51.7 Å². The molecule has 0 radical (unpaired) electrons. The predicted octanol–water partition coefficient (Wildman–Crippen LogP) is 2.44. The van der Waals surface area contributed by atoms with Crippen molar-refractivity contribution in [2.45, 2.75) is 26.3 Å². The first-order chi connectivity index (χ1) is 14.7. The van der Waals surface area contributed by atoms with E-state index in [1.54, 1.807) is 12.5 Å². The van der Waals surface area contributed by atoms with Crippen LogP contribution in [0, 0.1) is 6.92 Å². The Kier molecular flexibility index (Phi) is 6.22. The molecular formula is C22H26N6O2. The van der Waals surface area contributed by atoms with Gasteiger partial charge in [0.15, 0.2) is 0 Å². The highest BCUT2D eigenvalue weighted by Crippen LogP contribution is 2.21. The molecule has 156 valence electrons. The number of aryl methyl sites for hydroxylation is 1. The number of rotatable bonds is 8. The number of aromatic nitrogens is 4. The van der Waals surface area contributed by atoms with Crippen LogP contribution in [-0.2, 0) is 6.54 Å². The number of carbonyl (C=O) groups is 1. The average Bonchev–Trinajstić information content (AvgIpc) is 3.45. The van der Waals surface area contributed by atoms with Crippen LogP contribution in [0.3, 0.4) is 0 Å². The minimum atomic E-state index is -0.121. The van der Waals surface area contributed by atoms with Crippen molar-refractivity contribution in [3.63, 3.8) is 0 Å². The Morgan fingerprint density at radius 3 is 2.70 bits per heavy atom. The van der Waals surface area contributed by atoms with E-state index in [0.29, 0.717) is 30.4 Å². The minimum Gasteiger partial charge on any atom is -0.476 e. The summed E-state index contributed by atoms with van der Waals surface area (Å²) in [6.45, 7) is 5.39. The van der Waals surface area contributed by atoms with Crippen molar-refractivity contribution in [3.8, 4) is 5.88 Å². The van der Waals surface area contributed by atoms with Gasteiger partial charge in [-0.25, -0.2) is 9.97 Å². The molecule has 0 aliphatic carbocycles. The van der Waals surface area contributed by atoms with Crippen LogP contribution in [0.25, 0.3) is 0 Å². The Bertz CT molecular complexity index is 966. The van der Waals surface area contributed by atoms with Crippen LogP contribution >= 0.6 is 0 Å². The number of hydrogen-bond donors (Lipinski definition) is 1. The number of nitrogens with one attached hydrogen (secondary N) is 1. The first-order valence-electron chi connectivity index (χ1n) is 10.2. The molecule has 0 unspecified atom stereocenters. The number of anilines is 1. The lowest BCUT2D eigenvalue weighted by atomic mass is 10.1. The standard InChI is InChI=1S/C22H26N6O2/c1-17-25-20(28-10-2-3-11-28)14-21(26-17)30-13-9-24-22(29)19-6-4-18(5-7-19)15-27-12-8-23-16-27/h4-8,12,14,16H,2-3,9-11,13,15H2,1H3,(H,24,29). The van der Waals surface area contributed by atoms with Crippen molar-refractivity contribution >= 4 is 11.7 Å². The van der Waals surface area contributed by atoms with Gasteiger partial charge < -0.3 is 19.5 Å². The van der Waals surface area contributed by atoms with Crippen LogP contribution in [0.4, 0.5) is 5.82 Å². The summed E-state index contributed by atoms with van der Waals surface area (Å²) < 4.78 is 7.73. The summed E-state index contributed by atoms with van der Waals surface area (Å²) in [6, 6.07) is 9.44. The normalized spacial score (nSPS) is 13.4. The first kappa shape index (κ1) is 19.9. The lowest BCUT2D eigenvalue weighted by Crippen LogP contribution is -2.28. The highest BCUT2D eigenvalue weighted by Gasteiger charge is 2.15. The maximum atomic E-state index is 12.4. The zero-order chi connectivity index (χ0) is 20.8. The van der Waals surface area contributed by atoms with Crippen molar-refractivity contribution in [1.29, 1.82) is 0 Å². The average molecular weight is 406 g/mol. The second-order valence-electron chi connectivity index (χ2n) is 7.34. The summed E-state index contributed by atoms with van der Waals surface area (Å²) in [5.41, 5.74) is 1.74. The lowest BCUT2D eigenvalue weighted by molar-refractivity contribution is 0.0946. The number of hydrogen-bond acceptors (Lipinski definition) is 6. The van der Waals surface area contributed by atoms with E-state index >= 15 is 0 Å². The molecule has 8 heteroatoms. The molecule has 0 saturated carbocycles. The van der Waals surface area contributed by atoms with Crippen LogP contribution in [0.5, 0.6) is 5.88 Å². The summed E-state index contributed by atoms with van der Waals surface area (Å²) in [4.78, 5) is 27.5. The zero-order valence-corrected chi connectivity index (χ0v) is 17.1. The number of benzene rings is 1. The van der Waals surface area contributed by atoms with Gasteiger partial charge in [0.1, 0.15) is 18.2 Å². The van der Waals surface area contributed by atoms with Gasteiger partial charge in [0.2, 0.25) is 5.88 Å². The third-order valence-electron chi connectivity index (χ3n) is 5.01. The van der Waals surface area contributed by atoms with Crippen molar-refractivity contribution in [3.05, 3.63) is 66.0 Å². The van der Waals surface area contributed by atoms with Crippen LogP contribution in [0.2, 0.25) is 0 Å². The largest absolute Gasteiger partial charge is 0.476 e. The monoisotopic (exact) mass is 406 g/mol. The SMILES string of the molecule is Cc1nc(OCCNC(=O)c2ccc(Cn3ccnc3)cc2)cc(N2CCCC2)n1. The number of amides is 1. The Labute approximate surface area is 175 Å². The topological polar surface area (TPSA) is 85.2 Å². The number of imidazole rings is 1. The summed E-state index contributed by atoms with van der Waals surface area (Å²) in [7, 11) is 0. The quantitative estimate of drug-likeness (QED) is 0.579. The van der Waals surface area contributed by atoms with Crippen molar-refractivity contribution in [1.82, 2.24) is 24.8 Å². The van der Waals surface area contributed by atoms with E-state index in [0.717, 1.165) is 31.0 Å². The van der Waals surface area contributed by atoms with Crippen LogP contribution in [0.1, 0.15) is 34.6 Å². The van der Waals surface area contributed by atoms with E-state index in [9.17, 15) is 4.79 Å². The van der Waals surface area contributed by atoms with Crippen LogP contribution in [0.15, 0.2) is 49.1 Å². The molecule has 3 aromatic rings. The van der Waals surface area contributed by atoms with Crippen LogP contribution < -0.4 is 15.0 Å². The molecule has 1 saturated heterocycles. The van der Waals surface area contributed by atoms with Gasteiger partial charge in [-0.15, -0.1) is 0 Å². The molecule has 0 atom stereocenters. The van der Waals surface area contributed by atoms with E-state index in [4.69, 9.17) is 4.74 Å². The number of ether oxygens (including phenoxy) is 1. The molecular weight excluding hydrogens is 380 g/mol. The fraction of sp³-hybridized carbons (Fsp3) is 0.364. The Morgan fingerprint density at radius 1 is 1.17 bits per heavy atom. The van der Waals surface area contributed by atoms with E-state index < -0.39 is 0 Å². The molecule has 1 N–H and O–H groups in total. The maximum absolute atomic E-state index is 12.4. The van der Waals surface area contributed by atoms with E-state index in [2.05, 4.69) is 25.2 Å². The van der Waals surface area contributed by atoms with E-state index in [-0.39, 0.29) is 5.91 Å². The summed E-state index contributed by atoms with van der Waals surface area (Å²) in [5, 5.41) is 2.89. The number of carbonyl (C=O) groups excluding carboxylic acids is 1. The van der Waals surface area contributed by atoms with Gasteiger partial charge in [-0.2, -0.15) is 4.98 Å². The van der Waals surface area contributed by atoms with Crippen molar-refractivity contribution in [2.75, 3.05) is 31.1 Å². The molecule has 30 heavy (non-hydrogen) atoms. The van der Waals surface area contributed by atoms with Gasteiger partial charge in [-0.1, -0.05) is 12.1 Å². The summed E-state index contributed by atoms with van der Waals surface area (Å²) in [5.74, 6) is 2.02. The zero-order valence-electron chi connectivity index (χ0n) is 17.1. The van der Waals surface area contributed by atoms with Crippen molar-refractivity contribution in [2.24, 2.45) is 0 Å². The third-order valence-corrected chi connectivity index (χ3v) is 5.01. The van der Waals surface area contributed by atoms with Gasteiger partial charge in [0.25, 0.3) is 5.91 Å². The lowest BCUT2D eigenvalue weighted by Gasteiger charge is -2.17. The third kappa shape index (κ3) is 5.14. The highest BCUT2D eigenvalue weighted by molar-refractivity contribution is 5.94. The molecule has 1 fully saturated rings. The smallest absolute Gasteiger partial charge is 0.251 e. The minimum absolute atomic E-state index is 0.121. The molecule has 1 aliphatic rings. The Hall–Kier alpha value is -3.42. The molecule has 0 spiro atoms. The Balaban J connectivity index is 1.25. The highest BCUT2D eigenvalue weighted by atomic mass is 16.5. The van der Waals surface area contributed by atoms with Gasteiger partial charge in [0.05, 0.1) is 12.9 Å².